The lowest BCUT2D eigenvalue weighted by atomic mass is 9.89. The highest BCUT2D eigenvalue weighted by atomic mass is 16.4. The fourth-order valence-corrected chi connectivity index (χ4v) is 3.48. The van der Waals surface area contributed by atoms with Gasteiger partial charge >= 0.3 is 5.97 Å². The van der Waals surface area contributed by atoms with Gasteiger partial charge in [0, 0.05) is 22.2 Å². The Bertz CT molecular complexity index is 1030. The van der Waals surface area contributed by atoms with Crippen molar-refractivity contribution >= 4 is 35.1 Å². The second kappa shape index (κ2) is 9.10. The molecule has 3 rings (SSSR count). The van der Waals surface area contributed by atoms with Crippen molar-refractivity contribution in [3.05, 3.63) is 63.9 Å². The number of aliphatic carboxylic acids is 1. The Kier molecular flexibility index (Phi) is 7.04. The Morgan fingerprint density at radius 3 is 2.52 bits per heavy atom. The predicted molar refractivity (Wildman–Crippen MR) is 123 cm³/mol. The van der Waals surface area contributed by atoms with Crippen molar-refractivity contribution < 1.29 is 15.0 Å². The van der Waals surface area contributed by atoms with Crippen molar-refractivity contribution in [3.63, 3.8) is 0 Å². The van der Waals surface area contributed by atoms with E-state index >= 15 is 0 Å². The molecule has 0 amide bonds. The summed E-state index contributed by atoms with van der Waals surface area (Å²) in [7, 11) is 0. The van der Waals surface area contributed by atoms with Crippen LogP contribution in [0.25, 0.3) is 29.1 Å². The first-order chi connectivity index (χ1) is 13.8. The van der Waals surface area contributed by atoms with E-state index in [1.54, 1.807) is 19.1 Å². The second-order valence-electron chi connectivity index (χ2n) is 7.13. The van der Waals surface area contributed by atoms with Gasteiger partial charge in [0.15, 0.2) is 0 Å². The molecular weight excluding hydrogens is 362 g/mol. The van der Waals surface area contributed by atoms with Crippen LogP contribution in [0.4, 0.5) is 0 Å². The molecule has 0 spiro atoms. The van der Waals surface area contributed by atoms with E-state index in [0.717, 1.165) is 34.1 Å². The summed E-state index contributed by atoms with van der Waals surface area (Å²) in [4.78, 5) is 14.9. The van der Waals surface area contributed by atoms with E-state index in [1.807, 2.05) is 45.1 Å². The average molecular weight is 394 g/mol. The van der Waals surface area contributed by atoms with E-state index in [-0.39, 0.29) is 5.57 Å². The third kappa shape index (κ3) is 4.43. The molecule has 1 heterocycles. The van der Waals surface area contributed by atoms with Crippen molar-refractivity contribution in [2.24, 2.45) is 0 Å². The number of fused-ring (bicyclic) bond motifs is 3. The molecule has 3 N–H and O–H groups in total. The number of aliphatic hydroxyl groups is 1. The van der Waals surface area contributed by atoms with E-state index in [0.29, 0.717) is 5.56 Å². The number of carbonyl (C=O) groups is 1. The van der Waals surface area contributed by atoms with Crippen LogP contribution in [0, 0.1) is 0 Å². The second-order valence-corrected chi connectivity index (χ2v) is 7.13. The van der Waals surface area contributed by atoms with Gasteiger partial charge in [-0.25, -0.2) is 4.79 Å². The van der Waals surface area contributed by atoms with Crippen molar-refractivity contribution in [1.29, 1.82) is 0 Å². The largest absolute Gasteiger partial charge is 0.478 e. The smallest absolute Gasteiger partial charge is 0.335 e. The van der Waals surface area contributed by atoms with Crippen LogP contribution in [0.3, 0.4) is 0 Å². The minimum absolute atomic E-state index is 0.0755. The Balaban J connectivity index is 0.00000145. The quantitative estimate of drug-likeness (QED) is 0.572. The number of hydrogen-bond acceptors (Lipinski definition) is 2. The number of aromatic nitrogens is 1. The van der Waals surface area contributed by atoms with Crippen LogP contribution in [0.1, 0.15) is 70.3 Å². The zero-order valence-electron chi connectivity index (χ0n) is 18.1. The summed E-state index contributed by atoms with van der Waals surface area (Å²) in [5.74, 6) is -1.06. The fraction of sp³-hybridized carbons (Fsp3) is 0.320. The number of carboxylic acid groups (broad SMARTS) is 1. The molecule has 0 fully saturated rings. The lowest BCUT2D eigenvalue weighted by molar-refractivity contribution is -0.132. The summed E-state index contributed by atoms with van der Waals surface area (Å²) < 4.78 is 0. The van der Waals surface area contributed by atoms with Gasteiger partial charge in [-0.1, -0.05) is 56.7 Å². The van der Waals surface area contributed by atoms with E-state index in [2.05, 4.69) is 24.9 Å². The monoisotopic (exact) mass is 393 g/mol. The third-order valence-corrected chi connectivity index (χ3v) is 5.03. The third-order valence-electron chi connectivity index (χ3n) is 5.03. The molecule has 29 heavy (non-hydrogen) atoms. The molecule has 4 nitrogen and oxygen atoms in total. The lowest BCUT2D eigenvalue weighted by Gasteiger charge is -2.21. The summed E-state index contributed by atoms with van der Waals surface area (Å²) >= 11 is 0. The van der Waals surface area contributed by atoms with Crippen LogP contribution < -0.4 is 0 Å². The Labute approximate surface area is 173 Å². The van der Waals surface area contributed by atoms with Crippen LogP contribution >= 0.6 is 0 Å². The van der Waals surface area contributed by atoms with Crippen LogP contribution in [-0.4, -0.2) is 21.2 Å². The topological polar surface area (TPSA) is 73.3 Å². The molecule has 2 aromatic rings. The number of H-pyrrole nitrogens is 1. The molecule has 0 aliphatic heterocycles. The first kappa shape index (κ1) is 22.4. The maximum atomic E-state index is 11.5. The molecule has 1 aliphatic rings. The van der Waals surface area contributed by atoms with Gasteiger partial charge in [-0.15, -0.1) is 0 Å². The number of benzene rings is 1. The molecule has 154 valence electrons. The number of allylic oxidation sites excluding steroid dienone is 2. The van der Waals surface area contributed by atoms with E-state index in [1.165, 1.54) is 11.6 Å². The zero-order valence-corrected chi connectivity index (χ0v) is 18.1. The van der Waals surface area contributed by atoms with Gasteiger partial charge in [0.1, 0.15) is 5.60 Å². The number of rotatable bonds is 4. The summed E-state index contributed by atoms with van der Waals surface area (Å²) in [6.45, 7) is 11.8. The van der Waals surface area contributed by atoms with Crippen molar-refractivity contribution in [1.82, 2.24) is 4.98 Å². The average Bonchev–Trinajstić information content (AvgIpc) is 2.96. The predicted octanol–water partition coefficient (Wildman–Crippen LogP) is 6.29. The standard InChI is InChI=1S/C23H25NO3.C2H6/c1-5-7-20-18(12-14(3)6-2)16-10-11-19-17(21(16)24-20)9-8-15(22(25)26)13-23(19,4)27;1-2/h5,7-13,24,27H,6H2,1-4H3,(H,25,26);1-2H3/b7-5-,14-12-;. The minimum Gasteiger partial charge on any atom is -0.478 e. The summed E-state index contributed by atoms with van der Waals surface area (Å²) in [6, 6.07) is 3.88. The van der Waals surface area contributed by atoms with Gasteiger partial charge in [-0.2, -0.15) is 0 Å². The van der Waals surface area contributed by atoms with Crippen LogP contribution in [0.5, 0.6) is 0 Å². The minimum atomic E-state index is -1.37. The summed E-state index contributed by atoms with van der Waals surface area (Å²) in [5, 5.41) is 21.4. The highest BCUT2D eigenvalue weighted by molar-refractivity contribution is 6.00. The first-order valence-electron chi connectivity index (χ1n) is 10.1. The molecule has 0 saturated carbocycles. The summed E-state index contributed by atoms with van der Waals surface area (Å²) in [6.07, 6.45) is 11.9. The van der Waals surface area contributed by atoms with E-state index in [4.69, 9.17) is 0 Å². The van der Waals surface area contributed by atoms with Gasteiger partial charge in [-0.3, -0.25) is 0 Å². The van der Waals surface area contributed by atoms with Crippen LogP contribution in [0.15, 0.2) is 41.5 Å². The highest BCUT2D eigenvalue weighted by Crippen LogP contribution is 2.38. The molecule has 0 bridgehead atoms. The van der Waals surface area contributed by atoms with Gasteiger partial charge in [0.25, 0.3) is 0 Å². The molecule has 4 heteroatoms. The molecular formula is C25H31NO3. The SMILES string of the molecule is C/C=C\c1[nH]c2c3c(ccc2c1/C=C(/C)CC)C(C)(O)C=C(C(=O)O)C=C3.CC. The maximum absolute atomic E-state index is 11.5. The molecule has 1 unspecified atom stereocenters. The molecule has 0 saturated heterocycles. The van der Waals surface area contributed by atoms with Crippen molar-refractivity contribution in [2.45, 2.75) is 53.6 Å². The van der Waals surface area contributed by atoms with Gasteiger partial charge in [0.05, 0.1) is 11.1 Å². The number of aromatic amines is 1. The van der Waals surface area contributed by atoms with Crippen LogP contribution in [-0.2, 0) is 10.4 Å². The van der Waals surface area contributed by atoms with Gasteiger partial charge < -0.3 is 15.2 Å². The van der Waals surface area contributed by atoms with Crippen molar-refractivity contribution in [3.8, 4) is 0 Å². The van der Waals surface area contributed by atoms with E-state index < -0.39 is 11.6 Å². The number of hydrogen-bond donors (Lipinski definition) is 3. The lowest BCUT2D eigenvalue weighted by Crippen LogP contribution is -2.20. The number of nitrogens with one attached hydrogen (secondary N) is 1. The van der Waals surface area contributed by atoms with Gasteiger partial charge in [-0.05, 0) is 51.0 Å². The Morgan fingerprint density at radius 1 is 1.24 bits per heavy atom. The van der Waals surface area contributed by atoms with Crippen molar-refractivity contribution in [2.75, 3.05) is 0 Å². The molecule has 1 atom stereocenters. The normalized spacial score (nSPS) is 18.9. The first-order valence-corrected chi connectivity index (χ1v) is 10.1. The molecule has 0 radical (unpaired) electrons. The molecule has 1 aromatic carbocycles. The van der Waals surface area contributed by atoms with E-state index in [9.17, 15) is 15.0 Å². The fourth-order valence-electron chi connectivity index (χ4n) is 3.48. The Hall–Kier alpha value is -2.85. The van der Waals surface area contributed by atoms with Crippen LogP contribution in [0.2, 0.25) is 0 Å². The molecule has 1 aromatic heterocycles. The Morgan fingerprint density at radius 2 is 1.93 bits per heavy atom. The number of carboxylic acids is 1. The maximum Gasteiger partial charge on any atom is 0.335 e. The molecule has 1 aliphatic carbocycles. The summed E-state index contributed by atoms with van der Waals surface area (Å²) in [5.41, 5.74) is 4.46. The highest BCUT2D eigenvalue weighted by Gasteiger charge is 2.28. The zero-order chi connectivity index (χ0) is 21.8. The van der Waals surface area contributed by atoms with Gasteiger partial charge in [0.2, 0.25) is 0 Å².